The SMILES string of the molecule is Cc1cc2cccc(C(=O)NC3[C@H](CC=CCCCC(=O)O)C[C@H]4C[C@@H]3C4(C)C)c2s1. The van der Waals surface area contributed by atoms with Crippen molar-refractivity contribution in [2.24, 2.45) is 23.2 Å². The van der Waals surface area contributed by atoms with Gasteiger partial charge in [-0.1, -0.05) is 38.1 Å². The summed E-state index contributed by atoms with van der Waals surface area (Å²) in [5.41, 5.74) is 1.07. The Bertz CT molecular complexity index is 1010. The van der Waals surface area contributed by atoms with E-state index in [1.54, 1.807) is 11.3 Å². The highest BCUT2D eigenvalue weighted by Gasteiger charge is 2.57. The van der Waals surface area contributed by atoms with E-state index in [4.69, 9.17) is 5.11 Å². The number of allylic oxidation sites excluding steroid dienone is 2. The quantitative estimate of drug-likeness (QED) is 0.381. The Hall–Kier alpha value is -2.14. The van der Waals surface area contributed by atoms with Crippen molar-refractivity contribution in [2.75, 3.05) is 0 Å². The molecule has 4 nitrogen and oxygen atoms in total. The summed E-state index contributed by atoms with van der Waals surface area (Å²) in [6.45, 7) is 6.79. The first kappa shape index (κ1) is 22.1. The van der Waals surface area contributed by atoms with Crippen LogP contribution in [0.3, 0.4) is 0 Å². The van der Waals surface area contributed by atoms with Gasteiger partial charge in [0.1, 0.15) is 0 Å². The second-order valence-electron chi connectivity index (χ2n) is 9.93. The molecule has 3 aliphatic carbocycles. The molecule has 2 aromatic rings. The van der Waals surface area contributed by atoms with E-state index < -0.39 is 5.97 Å². The summed E-state index contributed by atoms with van der Waals surface area (Å²) in [5.74, 6) is 1.01. The first-order valence-electron chi connectivity index (χ1n) is 11.4. The van der Waals surface area contributed by atoms with E-state index >= 15 is 0 Å². The molecule has 1 heterocycles. The molecular formula is C26H33NO3S. The lowest BCUT2D eigenvalue weighted by Crippen LogP contribution is -2.63. The lowest BCUT2D eigenvalue weighted by atomic mass is 9.44. The molecule has 2 N–H and O–H groups in total. The predicted octanol–water partition coefficient (Wildman–Crippen LogP) is 6.19. The van der Waals surface area contributed by atoms with Gasteiger partial charge in [-0.15, -0.1) is 11.3 Å². The maximum absolute atomic E-state index is 13.4. The molecule has 0 radical (unpaired) electrons. The van der Waals surface area contributed by atoms with Crippen LogP contribution in [0.4, 0.5) is 0 Å². The van der Waals surface area contributed by atoms with Crippen LogP contribution < -0.4 is 5.32 Å². The number of nitrogens with one attached hydrogen (secondary N) is 1. The van der Waals surface area contributed by atoms with E-state index in [0.717, 1.165) is 40.8 Å². The van der Waals surface area contributed by atoms with Gasteiger partial charge in [0, 0.05) is 22.0 Å². The van der Waals surface area contributed by atoms with Gasteiger partial charge in [-0.2, -0.15) is 0 Å². The molecule has 3 fully saturated rings. The summed E-state index contributed by atoms with van der Waals surface area (Å²) in [7, 11) is 0. The Labute approximate surface area is 188 Å². The lowest BCUT2D eigenvalue weighted by Gasteiger charge is -2.62. The third-order valence-electron chi connectivity index (χ3n) is 7.65. The van der Waals surface area contributed by atoms with Gasteiger partial charge >= 0.3 is 5.97 Å². The molecule has 31 heavy (non-hydrogen) atoms. The molecule has 4 atom stereocenters. The van der Waals surface area contributed by atoms with E-state index in [2.05, 4.69) is 50.4 Å². The van der Waals surface area contributed by atoms with Crippen molar-refractivity contribution in [3.63, 3.8) is 0 Å². The second kappa shape index (κ2) is 8.78. The van der Waals surface area contributed by atoms with Crippen LogP contribution in [0.5, 0.6) is 0 Å². The number of thiophene rings is 1. The third-order valence-corrected chi connectivity index (χ3v) is 8.75. The van der Waals surface area contributed by atoms with Crippen LogP contribution in [-0.4, -0.2) is 23.0 Å². The number of rotatable bonds is 8. The monoisotopic (exact) mass is 439 g/mol. The van der Waals surface area contributed by atoms with Crippen molar-refractivity contribution < 1.29 is 14.7 Å². The van der Waals surface area contributed by atoms with Crippen LogP contribution in [0.2, 0.25) is 0 Å². The van der Waals surface area contributed by atoms with Gasteiger partial charge in [0.15, 0.2) is 0 Å². The van der Waals surface area contributed by atoms with Gasteiger partial charge in [0.2, 0.25) is 0 Å². The Morgan fingerprint density at radius 3 is 2.81 bits per heavy atom. The van der Waals surface area contributed by atoms with Crippen molar-refractivity contribution in [1.82, 2.24) is 5.32 Å². The fourth-order valence-electron chi connectivity index (χ4n) is 5.73. The highest BCUT2D eigenvalue weighted by atomic mass is 32.1. The van der Waals surface area contributed by atoms with Crippen molar-refractivity contribution in [2.45, 2.75) is 65.3 Å². The summed E-state index contributed by atoms with van der Waals surface area (Å²) in [5, 5.41) is 13.4. The Balaban J connectivity index is 1.47. The van der Waals surface area contributed by atoms with E-state index in [-0.39, 0.29) is 23.8 Å². The first-order valence-corrected chi connectivity index (χ1v) is 12.3. The number of hydrogen-bond donors (Lipinski definition) is 2. The number of amides is 1. The third kappa shape index (κ3) is 4.43. The maximum Gasteiger partial charge on any atom is 0.303 e. The van der Waals surface area contributed by atoms with Gasteiger partial charge in [-0.25, -0.2) is 0 Å². The van der Waals surface area contributed by atoms with Crippen LogP contribution in [-0.2, 0) is 4.79 Å². The molecule has 1 unspecified atom stereocenters. The summed E-state index contributed by atoms with van der Waals surface area (Å²) in [6, 6.07) is 8.34. The molecule has 1 aromatic heterocycles. The fraction of sp³-hybridized carbons (Fsp3) is 0.538. The average molecular weight is 440 g/mol. The zero-order valence-electron chi connectivity index (χ0n) is 18.7. The number of fused-ring (bicyclic) bond motifs is 3. The summed E-state index contributed by atoms with van der Waals surface area (Å²) >= 11 is 1.69. The minimum Gasteiger partial charge on any atom is -0.481 e. The number of hydrogen-bond acceptors (Lipinski definition) is 3. The molecule has 166 valence electrons. The standard InChI is InChI=1S/C26H33NO3S/c1-16-13-18-10-8-11-20(24(18)31-16)25(30)27-23-17(9-6-4-5-7-12-22(28)29)14-19-15-21(23)26(19,2)3/h4,6,8,10-11,13,17,19,21,23H,5,7,9,12,14-15H2,1-3H3,(H,27,30)(H,28,29)/t17-,19+,21+,23?/m1/s1. The Morgan fingerprint density at radius 1 is 1.26 bits per heavy atom. The minimum atomic E-state index is -0.735. The fourth-order valence-corrected chi connectivity index (χ4v) is 6.75. The van der Waals surface area contributed by atoms with E-state index in [1.807, 2.05) is 12.1 Å². The molecular weight excluding hydrogens is 406 g/mol. The van der Waals surface area contributed by atoms with Gasteiger partial charge in [-0.05, 0) is 79.7 Å². The molecule has 3 saturated carbocycles. The zero-order chi connectivity index (χ0) is 22.2. The number of carboxylic acid groups (broad SMARTS) is 1. The number of aliphatic carboxylic acids is 1. The molecule has 0 spiro atoms. The number of unbranched alkanes of at least 4 members (excludes halogenated alkanes) is 1. The predicted molar refractivity (Wildman–Crippen MR) is 127 cm³/mol. The van der Waals surface area contributed by atoms with Crippen LogP contribution >= 0.6 is 11.3 Å². The highest BCUT2D eigenvalue weighted by molar-refractivity contribution is 7.19. The lowest BCUT2D eigenvalue weighted by molar-refractivity contribution is -0.137. The molecule has 2 bridgehead atoms. The number of carbonyl (C=O) groups is 2. The first-order chi connectivity index (χ1) is 14.8. The number of aryl methyl sites for hydroxylation is 1. The van der Waals surface area contributed by atoms with E-state index in [0.29, 0.717) is 18.3 Å². The molecule has 5 heteroatoms. The average Bonchev–Trinajstić information content (AvgIpc) is 3.10. The number of carboxylic acids is 1. The van der Waals surface area contributed by atoms with Crippen molar-refractivity contribution >= 4 is 33.3 Å². The van der Waals surface area contributed by atoms with Crippen molar-refractivity contribution in [3.8, 4) is 0 Å². The van der Waals surface area contributed by atoms with Gasteiger partial charge in [0.25, 0.3) is 5.91 Å². The molecule has 3 aliphatic rings. The van der Waals surface area contributed by atoms with E-state index in [9.17, 15) is 9.59 Å². The number of benzene rings is 1. The largest absolute Gasteiger partial charge is 0.481 e. The number of carbonyl (C=O) groups excluding carboxylic acids is 1. The van der Waals surface area contributed by atoms with Gasteiger partial charge in [0.05, 0.1) is 5.56 Å². The Morgan fingerprint density at radius 2 is 2.06 bits per heavy atom. The second-order valence-corrected chi connectivity index (χ2v) is 11.2. The molecule has 0 aliphatic heterocycles. The van der Waals surface area contributed by atoms with Crippen LogP contribution in [0.15, 0.2) is 36.4 Å². The highest BCUT2D eigenvalue weighted by Crippen LogP contribution is 2.61. The summed E-state index contributed by atoms with van der Waals surface area (Å²) < 4.78 is 1.08. The van der Waals surface area contributed by atoms with Crippen molar-refractivity contribution in [1.29, 1.82) is 0 Å². The van der Waals surface area contributed by atoms with E-state index in [1.165, 1.54) is 11.3 Å². The van der Waals surface area contributed by atoms with Crippen LogP contribution in [0.25, 0.3) is 10.1 Å². The van der Waals surface area contributed by atoms with Gasteiger partial charge < -0.3 is 10.4 Å². The summed E-state index contributed by atoms with van der Waals surface area (Å²) in [4.78, 5) is 25.2. The molecule has 5 rings (SSSR count). The maximum atomic E-state index is 13.4. The van der Waals surface area contributed by atoms with Gasteiger partial charge in [-0.3, -0.25) is 9.59 Å². The van der Waals surface area contributed by atoms with Crippen LogP contribution in [0, 0.1) is 30.1 Å². The molecule has 1 aromatic carbocycles. The van der Waals surface area contributed by atoms with Crippen LogP contribution in [0.1, 0.15) is 67.6 Å². The molecule has 1 amide bonds. The Kier molecular flexibility index (Phi) is 6.25. The van der Waals surface area contributed by atoms with Crippen molar-refractivity contribution in [3.05, 3.63) is 46.9 Å². The zero-order valence-corrected chi connectivity index (χ0v) is 19.5. The normalized spacial score (nSPS) is 26.7. The minimum absolute atomic E-state index is 0.0500. The smallest absolute Gasteiger partial charge is 0.303 e. The summed E-state index contributed by atoms with van der Waals surface area (Å²) in [6.07, 6.45) is 9.32. The molecule has 0 saturated heterocycles. The topological polar surface area (TPSA) is 66.4 Å².